The lowest BCUT2D eigenvalue weighted by Crippen LogP contribution is -2.48. The molecule has 31 heavy (non-hydrogen) atoms. The van der Waals surface area contributed by atoms with Crippen LogP contribution >= 0.6 is 11.3 Å². The van der Waals surface area contributed by atoms with Gasteiger partial charge in [0.1, 0.15) is 10.3 Å². The molecule has 1 saturated heterocycles. The first-order valence-corrected chi connectivity index (χ1v) is 12.5. The lowest BCUT2D eigenvalue weighted by molar-refractivity contribution is -0.116. The lowest BCUT2D eigenvalue weighted by atomic mass is 10.1. The summed E-state index contributed by atoms with van der Waals surface area (Å²) in [5.74, 6) is -0.0250. The molecular formula is C21H23N5O3S2. The van der Waals surface area contributed by atoms with Gasteiger partial charge >= 0.3 is 0 Å². The van der Waals surface area contributed by atoms with Crippen LogP contribution in [0, 0.1) is 0 Å². The van der Waals surface area contributed by atoms with Gasteiger partial charge in [0.2, 0.25) is 15.9 Å². The first kappa shape index (κ1) is 20.3. The second-order valence-electron chi connectivity index (χ2n) is 7.95. The molecule has 0 radical (unpaired) electrons. The second-order valence-corrected chi connectivity index (χ2v) is 10.8. The van der Waals surface area contributed by atoms with Crippen molar-refractivity contribution in [1.29, 1.82) is 0 Å². The number of rotatable bonds is 3. The molecule has 3 aromatic rings. The van der Waals surface area contributed by atoms with E-state index >= 15 is 0 Å². The van der Waals surface area contributed by atoms with Gasteiger partial charge in [-0.1, -0.05) is 11.3 Å². The molecule has 8 nitrogen and oxygen atoms in total. The minimum Gasteiger partial charge on any atom is -0.345 e. The third-order valence-electron chi connectivity index (χ3n) is 5.91. The third kappa shape index (κ3) is 3.48. The van der Waals surface area contributed by atoms with Gasteiger partial charge in [-0.05, 0) is 49.2 Å². The summed E-state index contributed by atoms with van der Waals surface area (Å²) in [6.45, 7) is 5.49. The number of aromatic nitrogens is 2. The number of piperazine rings is 1. The Balaban J connectivity index is 1.33. The Kier molecular flexibility index (Phi) is 4.95. The SMILES string of the molecule is CC(=O)N1c2ccc(S(=O)(=O)N3CCN(c4nc5cccnc5s4)CC3)cc2CC1C. The van der Waals surface area contributed by atoms with Crippen LogP contribution in [0.5, 0.6) is 0 Å². The van der Waals surface area contributed by atoms with Crippen LogP contribution in [0.4, 0.5) is 10.8 Å². The van der Waals surface area contributed by atoms with Gasteiger partial charge in [0.05, 0.1) is 4.90 Å². The molecule has 1 unspecified atom stereocenters. The van der Waals surface area contributed by atoms with Gasteiger partial charge < -0.3 is 9.80 Å². The number of pyridine rings is 1. The highest BCUT2D eigenvalue weighted by Crippen LogP contribution is 2.35. The summed E-state index contributed by atoms with van der Waals surface area (Å²) in [5, 5.41) is 0.876. The van der Waals surface area contributed by atoms with Crippen LogP contribution in [0.3, 0.4) is 0 Å². The molecule has 2 aliphatic heterocycles. The fourth-order valence-electron chi connectivity index (χ4n) is 4.41. The van der Waals surface area contributed by atoms with E-state index in [2.05, 4.69) is 14.9 Å². The number of amides is 1. The highest BCUT2D eigenvalue weighted by atomic mass is 32.2. The molecule has 162 valence electrons. The summed E-state index contributed by atoms with van der Waals surface area (Å²) in [6.07, 6.45) is 2.42. The Hall–Kier alpha value is -2.56. The van der Waals surface area contributed by atoms with Crippen molar-refractivity contribution in [2.45, 2.75) is 31.2 Å². The van der Waals surface area contributed by atoms with E-state index in [1.54, 1.807) is 29.3 Å². The fourth-order valence-corrected chi connectivity index (χ4v) is 6.84. The zero-order valence-corrected chi connectivity index (χ0v) is 19.0. The van der Waals surface area contributed by atoms with Crippen LogP contribution in [0.1, 0.15) is 19.4 Å². The number of nitrogens with zero attached hydrogens (tertiary/aromatic N) is 5. The molecule has 0 aliphatic carbocycles. The number of hydrogen-bond acceptors (Lipinski definition) is 7. The quantitative estimate of drug-likeness (QED) is 0.601. The van der Waals surface area contributed by atoms with Crippen molar-refractivity contribution in [3.63, 3.8) is 0 Å². The highest BCUT2D eigenvalue weighted by Gasteiger charge is 2.33. The van der Waals surface area contributed by atoms with Crippen molar-refractivity contribution in [2.24, 2.45) is 0 Å². The molecule has 4 heterocycles. The molecular weight excluding hydrogens is 434 g/mol. The Morgan fingerprint density at radius 2 is 1.94 bits per heavy atom. The molecule has 0 bridgehead atoms. The number of thiazole rings is 1. The van der Waals surface area contributed by atoms with Gasteiger partial charge in [-0.25, -0.2) is 18.4 Å². The zero-order valence-electron chi connectivity index (χ0n) is 17.4. The molecule has 0 spiro atoms. The molecule has 1 fully saturated rings. The molecule has 10 heteroatoms. The number of carbonyl (C=O) groups is 1. The third-order valence-corrected chi connectivity index (χ3v) is 8.84. The molecule has 1 aromatic carbocycles. The molecule has 0 N–H and O–H groups in total. The second kappa shape index (κ2) is 7.54. The van der Waals surface area contributed by atoms with Crippen molar-refractivity contribution >= 4 is 48.4 Å². The van der Waals surface area contributed by atoms with Crippen LogP contribution < -0.4 is 9.80 Å². The van der Waals surface area contributed by atoms with E-state index in [4.69, 9.17) is 0 Å². The summed E-state index contributed by atoms with van der Waals surface area (Å²) in [7, 11) is -3.60. The Bertz CT molecular complexity index is 1230. The van der Waals surface area contributed by atoms with E-state index in [9.17, 15) is 13.2 Å². The number of hydrogen-bond donors (Lipinski definition) is 0. The van der Waals surface area contributed by atoms with Gasteiger partial charge in [0.15, 0.2) is 5.13 Å². The largest absolute Gasteiger partial charge is 0.345 e. The van der Waals surface area contributed by atoms with E-state index in [-0.39, 0.29) is 11.9 Å². The van der Waals surface area contributed by atoms with Crippen molar-refractivity contribution in [3.8, 4) is 0 Å². The number of anilines is 2. The van der Waals surface area contributed by atoms with Crippen LogP contribution in [0.25, 0.3) is 10.3 Å². The Morgan fingerprint density at radius 3 is 2.65 bits per heavy atom. The number of fused-ring (bicyclic) bond motifs is 2. The smallest absolute Gasteiger partial charge is 0.243 e. The van der Waals surface area contributed by atoms with Crippen molar-refractivity contribution in [1.82, 2.24) is 14.3 Å². The molecule has 0 saturated carbocycles. The summed E-state index contributed by atoms with van der Waals surface area (Å²) in [4.78, 5) is 25.9. The number of sulfonamides is 1. The highest BCUT2D eigenvalue weighted by molar-refractivity contribution is 7.89. The van der Waals surface area contributed by atoms with Crippen molar-refractivity contribution < 1.29 is 13.2 Å². The molecule has 2 aliphatic rings. The monoisotopic (exact) mass is 457 g/mol. The maximum absolute atomic E-state index is 13.3. The van der Waals surface area contributed by atoms with Crippen molar-refractivity contribution in [3.05, 3.63) is 42.1 Å². The van der Waals surface area contributed by atoms with E-state index in [1.165, 1.54) is 22.6 Å². The Labute approximate surface area is 185 Å². The number of benzene rings is 1. The summed E-state index contributed by atoms with van der Waals surface area (Å²) >= 11 is 1.53. The fraction of sp³-hybridized carbons (Fsp3) is 0.381. The first-order valence-electron chi connectivity index (χ1n) is 10.2. The predicted octanol–water partition coefficient (Wildman–Crippen LogP) is 2.50. The minimum absolute atomic E-state index is 0.0250. The van der Waals surface area contributed by atoms with Crippen LogP contribution in [-0.4, -0.2) is 60.8 Å². The van der Waals surface area contributed by atoms with Crippen molar-refractivity contribution in [2.75, 3.05) is 36.0 Å². The van der Waals surface area contributed by atoms with Crippen LogP contribution in [0.2, 0.25) is 0 Å². The maximum Gasteiger partial charge on any atom is 0.243 e. The minimum atomic E-state index is -3.60. The standard InChI is InChI=1S/C21H23N5O3S2/c1-14-12-16-13-17(5-6-19(16)26(14)15(2)27)31(28,29)25-10-8-24(9-11-25)21-23-18-4-3-7-22-20(18)30-21/h3-7,13-14H,8-12H2,1-2H3. The Morgan fingerprint density at radius 1 is 1.16 bits per heavy atom. The van der Waals surface area contributed by atoms with Gasteiger partial charge in [-0.15, -0.1) is 0 Å². The average Bonchev–Trinajstić information content (AvgIpc) is 3.33. The van der Waals surface area contributed by atoms with Gasteiger partial charge in [0.25, 0.3) is 0 Å². The van der Waals surface area contributed by atoms with E-state index in [0.717, 1.165) is 26.7 Å². The van der Waals surface area contributed by atoms with Gasteiger partial charge in [-0.2, -0.15) is 4.31 Å². The van der Waals surface area contributed by atoms with E-state index < -0.39 is 10.0 Å². The predicted molar refractivity (Wildman–Crippen MR) is 121 cm³/mol. The van der Waals surface area contributed by atoms with Gasteiger partial charge in [-0.3, -0.25) is 4.79 Å². The van der Waals surface area contributed by atoms with E-state index in [0.29, 0.717) is 37.5 Å². The summed E-state index contributed by atoms with van der Waals surface area (Å²) in [6, 6.07) is 8.95. The molecule has 5 rings (SSSR count). The maximum atomic E-state index is 13.3. The van der Waals surface area contributed by atoms with E-state index in [1.807, 2.05) is 19.1 Å². The molecule has 1 atom stereocenters. The average molecular weight is 458 g/mol. The normalized spacial score (nSPS) is 19.7. The number of carbonyl (C=O) groups excluding carboxylic acids is 1. The van der Waals surface area contributed by atoms with Crippen LogP contribution in [-0.2, 0) is 21.2 Å². The summed E-state index contributed by atoms with van der Waals surface area (Å²) < 4.78 is 28.1. The topological polar surface area (TPSA) is 86.7 Å². The van der Waals surface area contributed by atoms with Crippen LogP contribution in [0.15, 0.2) is 41.4 Å². The zero-order chi connectivity index (χ0) is 21.8. The molecule has 1 amide bonds. The molecule has 2 aromatic heterocycles. The van der Waals surface area contributed by atoms with Gasteiger partial charge in [0, 0.05) is 51.0 Å². The lowest BCUT2D eigenvalue weighted by Gasteiger charge is -2.33. The summed E-state index contributed by atoms with van der Waals surface area (Å²) in [5.41, 5.74) is 2.59. The first-order chi connectivity index (χ1) is 14.8.